The highest BCUT2D eigenvalue weighted by Crippen LogP contribution is 2.21. The molecule has 0 aliphatic heterocycles. The summed E-state index contributed by atoms with van der Waals surface area (Å²) in [5.41, 5.74) is 3.27. The molecule has 100 valence electrons. The molecule has 0 aliphatic rings. The van der Waals surface area contributed by atoms with Gasteiger partial charge in [-0.2, -0.15) is 0 Å². The van der Waals surface area contributed by atoms with Crippen molar-refractivity contribution in [1.29, 1.82) is 0 Å². The van der Waals surface area contributed by atoms with Crippen molar-refractivity contribution in [3.05, 3.63) is 58.8 Å². The minimum absolute atomic E-state index is 0.0508. The van der Waals surface area contributed by atoms with Crippen molar-refractivity contribution >= 4 is 38.6 Å². The van der Waals surface area contributed by atoms with Crippen LogP contribution in [0.3, 0.4) is 0 Å². The van der Waals surface area contributed by atoms with Crippen molar-refractivity contribution < 1.29 is 4.79 Å². The second-order valence-corrected chi connectivity index (χ2v) is 5.39. The number of carbonyl (C=O) groups is 1. The van der Waals surface area contributed by atoms with Crippen molar-refractivity contribution in [2.75, 3.05) is 11.9 Å². The zero-order chi connectivity index (χ0) is 14.1. The Balaban J connectivity index is 1.94. The number of halogens is 1. The Hall–Kier alpha value is -2.14. The number of aromatic amines is 1. The van der Waals surface area contributed by atoms with Crippen molar-refractivity contribution in [3.63, 3.8) is 0 Å². The molecule has 5 heteroatoms. The molecule has 2 aromatic carbocycles. The van der Waals surface area contributed by atoms with Crippen LogP contribution in [0.4, 0.5) is 5.69 Å². The third kappa shape index (κ3) is 2.32. The van der Waals surface area contributed by atoms with E-state index in [2.05, 4.69) is 25.9 Å². The number of amides is 1. The molecule has 0 saturated carbocycles. The number of nitrogens with zero attached hydrogens (tertiary/aromatic N) is 2. The number of aromatic nitrogens is 2. The van der Waals surface area contributed by atoms with Gasteiger partial charge in [-0.05, 0) is 36.4 Å². The van der Waals surface area contributed by atoms with E-state index in [1.54, 1.807) is 24.3 Å². The maximum atomic E-state index is 12.5. The molecule has 4 nitrogen and oxygen atoms in total. The summed E-state index contributed by atoms with van der Waals surface area (Å²) in [5.74, 6) is -0.0508. The normalized spacial score (nSPS) is 10.7. The first-order valence-corrected chi connectivity index (χ1v) is 6.91. The van der Waals surface area contributed by atoms with Crippen LogP contribution in [0.15, 0.2) is 53.3 Å². The minimum atomic E-state index is -0.0508. The SMILES string of the molecule is CN(C(=O)c1cccc(Br)c1)c1ccc2nc[nH]c2c1. The Bertz CT molecular complexity index is 781. The van der Waals surface area contributed by atoms with Gasteiger partial charge < -0.3 is 9.88 Å². The van der Waals surface area contributed by atoms with Crippen LogP contribution in [-0.2, 0) is 0 Å². The predicted octanol–water partition coefficient (Wildman–Crippen LogP) is 3.60. The highest BCUT2D eigenvalue weighted by molar-refractivity contribution is 9.10. The average molecular weight is 330 g/mol. The number of carbonyl (C=O) groups excluding carboxylic acids is 1. The second-order valence-electron chi connectivity index (χ2n) is 4.48. The van der Waals surface area contributed by atoms with E-state index in [1.807, 2.05) is 36.4 Å². The van der Waals surface area contributed by atoms with Crippen molar-refractivity contribution in [2.24, 2.45) is 0 Å². The van der Waals surface area contributed by atoms with E-state index in [4.69, 9.17) is 0 Å². The first-order valence-electron chi connectivity index (χ1n) is 6.12. The molecular weight excluding hydrogens is 318 g/mol. The van der Waals surface area contributed by atoms with Crippen LogP contribution in [0.5, 0.6) is 0 Å². The van der Waals surface area contributed by atoms with Crippen LogP contribution >= 0.6 is 15.9 Å². The zero-order valence-electron chi connectivity index (χ0n) is 10.8. The number of hydrogen-bond donors (Lipinski definition) is 1. The molecule has 0 atom stereocenters. The van der Waals surface area contributed by atoms with Gasteiger partial charge in [-0.25, -0.2) is 4.98 Å². The van der Waals surface area contributed by atoms with Gasteiger partial charge in [0.25, 0.3) is 5.91 Å². The summed E-state index contributed by atoms with van der Waals surface area (Å²) in [5, 5.41) is 0. The Labute approximate surface area is 124 Å². The van der Waals surface area contributed by atoms with Gasteiger partial charge in [-0.15, -0.1) is 0 Å². The van der Waals surface area contributed by atoms with E-state index in [0.29, 0.717) is 5.56 Å². The van der Waals surface area contributed by atoms with Crippen molar-refractivity contribution in [2.45, 2.75) is 0 Å². The topological polar surface area (TPSA) is 49.0 Å². The summed E-state index contributed by atoms with van der Waals surface area (Å²) in [6, 6.07) is 13.1. The van der Waals surface area contributed by atoms with Gasteiger partial charge in [-0.1, -0.05) is 22.0 Å². The first kappa shape index (κ1) is 12.9. The van der Waals surface area contributed by atoms with E-state index < -0.39 is 0 Å². The van der Waals surface area contributed by atoms with Crippen LogP contribution in [-0.4, -0.2) is 22.9 Å². The van der Waals surface area contributed by atoms with E-state index in [1.165, 1.54) is 0 Å². The highest BCUT2D eigenvalue weighted by Gasteiger charge is 2.14. The maximum Gasteiger partial charge on any atom is 0.258 e. The quantitative estimate of drug-likeness (QED) is 0.780. The standard InChI is InChI=1S/C15H12BrN3O/c1-19(15(20)10-3-2-4-11(16)7-10)12-5-6-13-14(8-12)18-9-17-13/h2-9H,1H3,(H,17,18). The number of anilines is 1. The van der Waals surface area contributed by atoms with Gasteiger partial charge in [0.05, 0.1) is 17.4 Å². The molecular formula is C15H12BrN3O. The largest absolute Gasteiger partial charge is 0.345 e. The molecule has 0 unspecified atom stereocenters. The summed E-state index contributed by atoms with van der Waals surface area (Å²) in [6.07, 6.45) is 1.64. The lowest BCUT2D eigenvalue weighted by molar-refractivity contribution is 0.0993. The van der Waals surface area contributed by atoms with Crippen LogP contribution in [0.25, 0.3) is 11.0 Å². The molecule has 0 aliphatic carbocycles. The third-order valence-corrected chi connectivity index (χ3v) is 3.66. The van der Waals surface area contributed by atoms with E-state index in [-0.39, 0.29) is 5.91 Å². The zero-order valence-corrected chi connectivity index (χ0v) is 12.4. The minimum Gasteiger partial charge on any atom is -0.345 e. The van der Waals surface area contributed by atoms with Crippen molar-refractivity contribution in [1.82, 2.24) is 9.97 Å². The molecule has 3 rings (SSSR count). The lowest BCUT2D eigenvalue weighted by atomic mass is 10.2. The molecule has 20 heavy (non-hydrogen) atoms. The van der Waals surface area contributed by atoms with Gasteiger partial charge in [0, 0.05) is 22.8 Å². The summed E-state index contributed by atoms with van der Waals surface area (Å²) >= 11 is 3.38. The second kappa shape index (κ2) is 5.09. The summed E-state index contributed by atoms with van der Waals surface area (Å²) in [4.78, 5) is 21.3. The van der Waals surface area contributed by atoms with E-state index in [0.717, 1.165) is 21.2 Å². The lowest BCUT2D eigenvalue weighted by Gasteiger charge is -2.17. The summed E-state index contributed by atoms with van der Waals surface area (Å²) < 4.78 is 0.890. The highest BCUT2D eigenvalue weighted by atomic mass is 79.9. The molecule has 1 amide bonds. The van der Waals surface area contributed by atoms with Crippen LogP contribution in [0, 0.1) is 0 Å². The van der Waals surface area contributed by atoms with E-state index in [9.17, 15) is 4.79 Å². The molecule has 0 bridgehead atoms. The Morgan fingerprint density at radius 1 is 1.25 bits per heavy atom. The van der Waals surface area contributed by atoms with Gasteiger partial charge in [0.1, 0.15) is 0 Å². The monoisotopic (exact) mass is 329 g/mol. The first-order chi connectivity index (χ1) is 9.65. The molecule has 0 fully saturated rings. The fourth-order valence-corrected chi connectivity index (χ4v) is 2.46. The number of fused-ring (bicyclic) bond motifs is 1. The molecule has 0 saturated heterocycles. The maximum absolute atomic E-state index is 12.5. The average Bonchev–Trinajstić information content (AvgIpc) is 2.93. The van der Waals surface area contributed by atoms with E-state index >= 15 is 0 Å². The summed E-state index contributed by atoms with van der Waals surface area (Å²) in [7, 11) is 1.76. The molecule has 3 aromatic rings. The Morgan fingerprint density at radius 2 is 2.10 bits per heavy atom. The summed E-state index contributed by atoms with van der Waals surface area (Å²) in [6.45, 7) is 0. The van der Waals surface area contributed by atoms with Gasteiger partial charge in [-0.3, -0.25) is 4.79 Å². The number of imidazole rings is 1. The third-order valence-electron chi connectivity index (χ3n) is 3.17. The fraction of sp³-hybridized carbons (Fsp3) is 0.0667. The molecule has 1 N–H and O–H groups in total. The molecule has 1 aromatic heterocycles. The van der Waals surface area contributed by atoms with Crippen LogP contribution in [0.2, 0.25) is 0 Å². The Kier molecular flexibility index (Phi) is 3.28. The molecule has 1 heterocycles. The Morgan fingerprint density at radius 3 is 2.90 bits per heavy atom. The number of rotatable bonds is 2. The fourth-order valence-electron chi connectivity index (χ4n) is 2.06. The smallest absolute Gasteiger partial charge is 0.258 e. The van der Waals surface area contributed by atoms with Crippen LogP contribution in [0.1, 0.15) is 10.4 Å². The number of nitrogens with one attached hydrogen (secondary N) is 1. The van der Waals surface area contributed by atoms with Crippen molar-refractivity contribution in [3.8, 4) is 0 Å². The molecule has 0 spiro atoms. The number of benzene rings is 2. The van der Waals surface area contributed by atoms with Crippen LogP contribution < -0.4 is 4.90 Å². The molecule has 0 radical (unpaired) electrons. The number of hydrogen-bond acceptors (Lipinski definition) is 2. The lowest BCUT2D eigenvalue weighted by Crippen LogP contribution is -2.26. The van der Waals surface area contributed by atoms with Gasteiger partial charge in [0.15, 0.2) is 0 Å². The van der Waals surface area contributed by atoms with Gasteiger partial charge >= 0.3 is 0 Å². The predicted molar refractivity (Wildman–Crippen MR) is 83.0 cm³/mol. The van der Waals surface area contributed by atoms with Gasteiger partial charge in [0.2, 0.25) is 0 Å². The number of H-pyrrole nitrogens is 1.